The average molecular weight is 417 g/mol. The molecule has 0 spiro atoms. The Labute approximate surface area is 183 Å². The van der Waals surface area contributed by atoms with E-state index in [-0.39, 0.29) is 11.8 Å². The predicted octanol–water partition coefficient (Wildman–Crippen LogP) is 5.79. The van der Waals surface area contributed by atoms with Gasteiger partial charge >= 0.3 is 6.16 Å². The molecule has 4 rings (SSSR count). The maximum Gasteiger partial charge on any atom is 0.515 e. The number of pyridine rings is 1. The molecule has 0 aliphatic heterocycles. The van der Waals surface area contributed by atoms with E-state index in [1.54, 1.807) is 6.07 Å². The smallest absolute Gasteiger partial charge is 0.434 e. The minimum atomic E-state index is -0.716. The first-order valence-electron chi connectivity index (χ1n) is 10.8. The van der Waals surface area contributed by atoms with Gasteiger partial charge in [0.1, 0.15) is 5.54 Å². The highest BCUT2D eigenvalue weighted by atomic mass is 16.7. The zero-order chi connectivity index (χ0) is 21.8. The lowest BCUT2D eigenvalue weighted by Gasteiger charge is -2.45. The van der Waals surface area contributed by atoms with Gasteiger partial charge in [-0.3, -0.25) is 4.99 Å². The molecule has 0 radical (unpaired) electrons. The van der Waals surface area contributed by atoms with Crippen LogP contribution >= 0.6 is 0 Å². The van der Waals surface area contributed by atoms with Crippen LogP contribution in [0.15, 0.2) is 70.8 Å². The van der Waals surface area contributed by atoms with Gasteiger partial charge in [0.25, 0.3) is 0 Å². The van der Waals surface area contributed by atoms with E-state index in [0.717, 1.165) is 36.1 Å². The minimum Gasteiger partial charge on any atom is -0.434 e. The maximum absolute atomic E-state index is 11.9. The van der Waals surface area contributed by atoms with Crippen LogP contribution in [0.1, 0.15) is 50.4 Å². The molecule has 160 valence electrons. The van der Waals surface area contributed by atoms with E-state index in [1.165, 1.54) is 11.1 Å². The monoisotopic (exact) mass is 416 g/mol. The Balaban J connectivity index is 1.75. The molecule has 2 aliphatic carbocycles. The lowest BCUT2D eigenvalue weighted by Crippen LogP contribution is -2.40. The highest BCUT2D eigenvalue weighted by Crippen LogP contribution is 2.52. The molecule has 0 fully saturated rings. The first-order chi connectivity index (χ1) is 15.1. The van der Waals surface area contributed by atoms with Crippen LogP contribution in [0.25, 0.3) is 0 Å². The Morgan fingerprint density at radius 1 is 1.26 bits per heavy atom. The van der Waals surface area contributed by atoms with E-state index < -0.39 is 11.7 Å². The Kier molecular flexibility index (Phi) is 6.03. The fourth-order valence-electron chi connectivity index (χ4n) is 4.67. The fraction of sp³-hybridized carbons (Fsp3) is 0.346. The molecular weight excluding hydrogens is 388 g/mol. The molecule has 0 N–H and O–H groups in total. The Hall–Kier alpha value is -3.21. The summed E-state index contributed by atoms with van der Waals surface area (Å²) in [4.78, 5) is 21.7. The second kappa shape index (κ2) is 8.88. The number of hydrogen-bond donors (Lipinski definition) is 0. The molecule has 31 heavy (non-hydrogen) atoms. The molecule has 2 aromatic rings. The molecule has 2 aliphatic rings. The van der Waals surface area contributed by atoms with Crippen molar-refractivity contribution in [1.29, 1.82) is 0 Å². The van der Waals surface area contributed by atoms with Crippen molar-refractivity contribution in [2.45, 2.75) is 45.6 Å². The van der Waals surface area contributed by atoms with Crippen molar-refractivity contribution >= 4 is 12.4 Å². The topological polar surface area (TPSA) is 60.8 Å². The van der Waals surface area contributed by atoms with Gasteiger partial charge in [0, 0.05) is 36.6 Å². The van der Waals surface area contributed by atoms with Gasteiger partial charge in [0.15, 0.2) is 0 Å². The summed E-state index contributed by atoms with van der Waals surface area (Å²) in [5.74, 6) is 0.499. The van der Waals surface area contributed by atoms with Crippen molar-refractivity contribution < 1.29 is 14.3 Å². The van der Waals surface area contributed by atoms with E-state index in [2.05, 4.69) is 43.1 Å². The van der Waals surface area contributed by atoms with Gasteiger partial charge in [-0.15, -0.1) is 0 Å². The average Bonchev–Trinajstić information content (AvgIpc) is 2.76. The van der Waals surface area contributed by atoms with Crippen molar-refractivity contribution in [3.05, 3.63) is 82.6 Å². The third-order valence-electron chi connectivity index (χ3n) is 5.86. The molecule has 2 atom stereocenters. The number of carbonyl (C=O) groups excluding carboxylic acids is 1. The Bertz CT molecular complexity index is 1060. The third kappa shape index (κ3) is 4.18. The Morgan fingerprint density at radius 3 is 2.81 bits per heavy atom. The summed E-state index contributed by atoms with van der Waals surface area (Å²) in [5.41, 5.74) is 5.20. The summed E-state index contributed by atoms with van der Waals surface area (Å²) in [6.45, 7) is 6.53. The van der Waals surface area contributed by atoms with Gasteiger partial charge < -0.3 is 9.47 Å². The fourth-order valence-corrected chi connectivity index (χ4v) is 4.67. The van der Waals surface area contributed by atoms with Crippen LogP contribution in [-0.4, -0.2) is 24.0 Å². The van der Waals surface area contributed by atoms with E-state index in [9.17, 15) is 4.79 Å². The lowest BCUT2D eigenvalue weighted by atomic mass is 9.63. The number of ether oxygens (including phenoxy) is 2. The molecule has 5 nitrogen and oxygen atoms in total. The molecule has 1 aromatic heterocycles. The van der Waals surface area contributed by atoms with Crippen molar-refractivity contribution in [2.75, 3.05) is 6.61 Å². The first kappa shape index (κ1) is 21.0. The first-order valence-corrected chi connectivity index (χ1v) is 10.8. The van der Waals surface area contributed by atoms with Crippen molar-refractivity contribution in [3.8, 4) is 5.88 Å². The summed E-state index contributed by atoms with van der Waals surface area (Å²) in [7, 11) is 0. The van der Waals surface area contributed by atoms with Crippen molar-refractivity contribution in [2.24, 2.45) is 10.9 Å². The summed E-state index contributed by atoms with van der Waals surface area (Å²) < 4.78 is 10.3. The molecule has 2 bridgehead atoms. The van der Waals surface area contributed by atoms with E-state index >= 15 is 0 Å². The number of carbonyl (C=O) groups is 1. The van der Waals surface area contributed by atoms with Crippen molar-refractivity contribution in [3.63, 3.8) is 0 Å². The van der Waals surface area contributed by atoms with E-state index in [1.807, 2.05) is 37.4 Å². The number of nitrogens with zero attached hydrogens (tertiary/aromatic N) is 2. The van der Waals surface area contributed by atoms with Gasteiger partial charge in [-0.05, 0) is 37.5 Å². The number of aliphatic imine (C=N–C) groups is 1. The summed E-state index contributed by atoms with van der Waals surface area (Å²) in [6, 6.07) is 13.9. The van der Waals surface area contributed by atoms with Crippen LogP contribution in [0.5, 0.6) is 5.88 Å². The number of rotatable bonds is 5. The molecule has 0 amide bonds. The molecule has 1 aromatic carbocycles. The molecule has 1 heterocycles. The molecule has 2 unspecified atom stereocenters. The maximum atomic E-state index is 11.9. The lowest BCUT2D eigenvalue weighted by molar-refractivity contribution is 0.0975. The van der Waals surface area contributed by atoms with Gasteiger partial charge in [0.05, 0.1) is 12.3 Å². The highest BCUT2D eigenvalue weighted by Gasteiger charge is 2.46. The van der Waals surface area contributed by atoms with Crippen molar-refractivity contribution in [1.82, 2.24) is 4.98 Å². The van der Waals surface area contributed by atoms with Gasteiger partial charge in [-0.25, -0.2) is 9.78 Å². The predicted molar refractivity (Wildman–Crippen MR) is 122 cm³/mol. The SMILES string of the molecule is C/C=C1\C2C=C(C)CC1(/N=C/c1ccccc1)c1ccc(OC(=O)OCCC)nc1C2. The van der Waals surface area contributed by atoms with Gasteiger partial charge in [0.2, 0.25) is 5.88 Å². The van der Waals surface area contributed by atoms with Gasteiger partial charge in [-0.2, -0.15) is 0 Å². The second-order valence-corrected chi connectivity index (χ2v) is 8.12. The second-order valence-electron chi connectivity index (χ2n) is 8.12. The molecule has 5 heteroatoms. The summed E-state index contributed by atoms with van der Waals surface area (Å²) in [5, 5.41) is 0. The largest absolute Gasteiger partial charge is 0.515 e. The summed E-state index contributed by atoms with van der Waals surface area (Å²) >= 11 is 0. The number of fused-ring (bicyclic) bond motifs is 4. The summed E-state index contributed by atoms with van der Waals surface area (Å²) in [6.07, 6.45) is 8.07. The zero-order valence-corrected chi connectivity index (χ0v) is 18.3. The van der Waals surface area contributed by atoms with E-state index in [0.29, 0.717) is 6.61 Å². The van der Waals surface area contributed by atoms with Crippen LogP contribution in [0.3, 0.4) is 0 Å². The quantitative estimate of drug-likeness (QED) is 0.352. The number of allylic oxidation sites excluding steroid dienone is 2. The Morgan fingerprint density at radius 2 is 2.06 bits per heavy atom. The normalized spacial score (nSPS) is 23.4. The van der Waals surface area contributed by atoms with Gasteiger partial charge in [-0.1, -0.05) is 55.0 Å². The molecule has 0 saturated heterocycles. The van der Waals surface area contributed by atoms with Crippen LogP contribution in [0.4, 0.5) is 4.79 Å². The zero-order valence-electron chi connectivity index (χ0n) is 18.3. The number of hydrogen-bond acceptors (Lipinski definition) is 5. The van der Waals surface area contributed by atoms with Crippen LogP contribution in [-0.2, 0) is 16.7 Å². The van der Waals surface area contributed by atoms with Crippen LogP contribution in [0, 0.1) is 5.92 Å². The van der Waals surface area contributed by atoms with Crippen LogP contribution in [0.2, 0.25) is 0 Å². The molecular formula is C26H28N2O3. The highest BCUT2D eigenvalue weighted by molar-refractivity contribution is 5.80. The standard InChI is InChI=1S/C26H28N2O3/c1-4-13-30-25(29)31-24-12-11-22-23(28-24)15-20-14-18(3)16-26(22,21(20)5-2)27-17-19-9-7-6-8-10-19/h5-12,14,17,20H,4,13,15-16H2,1-3H3/b21-5+,27-17+. The van der Waals surface area contributed by atoms with E-state index in [4.69, 9.17) is 14.5 Å². The molecule has 0 saturated carbocycles. The van der Waals surface area contributed by atoms with Crippen LogP contribution < -0.4 is 4.74 Å². The number of benzene rings is 1. The minimum absolute atomic E-state index is 0.231. The number of aromatic nitrogens is 1. The third-order valence-corrected chi connectivity index (χ3v) is 5.86.